The van der Waals surface area contributed by atoms with Crippen molar-refractivity contribution < 1.29 is 14.0 Å². The van der Waals surface area contributed by atoms with Crippen molar-refractivity contribution in [1.82, 2.24) is 9.88 Å². The molecule has 0 bridgehead atoms. The number of carbonyl (C=O) groups excluding carboxylic acids is 2. The predicted molar refractivity (Wildman–Crippen MR) is 116 cm³/mol. The van der Waals surface area contributed by atoms with Crippen molar-refractivity contribution in [3.63, 3.8) is 0 Å². The molecule has 0 unspecified atom stereocenters. The van der Waals surface area contributed by atoms with Crippen molar-refractivity contribution >= 4 is 28.3 Å². The fourth-order valence-electron chi connectivity index (χ4n) is 3.61. The first-order valence-corrected chi connectivity index (χ1v) is 10.7. The number of carbonyl (C=O) groups is 2. The third-order valence-electron chi connectivity index (χ3n) is 5.32. The van der Waals surface area contributed by atoms with E-state index in [-0.39, 0.29) is 23.5 Å². The van der Waals surface area contributed by atoms with Crippen LogP contribution in [0.15, 0.2) is 53.9 Å². The van der Waals surface area contributed by atoms with E-state index in [0.29, 0.717) is 53.4 Å². The van der Waals surface area contributed by atoms with Gasteiger partial charge in [0.05, 0.1) is 22.9 Å². The molecular formula is C23H19FN4O2S. The average Bonchev–Trinajstić information content (AvgIpc) is 3.27. The summed E-state index contributed by atoms with van der Waals surface area (Å²) >= 11 is 1.25. The number of likely N-dealkylation sites (tertiary alicyclic amines) is 1. The summed E-state index contributed by atoms with van der Waals surface area (Å²) in [5.74, 6) is -0.943. The second kappa shape index (κ2) is 9.06. The molecule has 4 rings (SSSR count). The fourth-order valence-corrected chi connectivity index (χ4v) is 4.33. The molecule has 1 N–H and O–H groups in total. The lowest BCUT2D eigenvalue weighted by Gasteiger charge is -2.31. The molecule has 8 heteroatoms. The number of piperidine rings is 1. The number of hydrogen-bond acceptors (Lipinski definition) is 5. The van der Waals surface area contributed by atoms with Gasteiger partial charge in [-0.3, -0.25) is 9.59 Å². The van der Waals surface area contributed by atoms with E-state index in [4.69, 9.17) is 0 Å². The van der Waals surface area contributed by atoms with Crippen LogP contribution in [0.4, 0.5) is 9.52 Å². The van der Waals surface area contributed by atoms with Gasteiger partial charge in [-0.15, -0.1) is 11.3 Å². The molecule has 0 atom stereocenters. The molecule has 31 heavy (non-hydrogen) atoms. The Morgan fingerprint density at radius 2 is 1.84 bits per heavy atom. The molecular weight excluding hydrogens is 415 g/mol. The lowest BCUT2D eigenvalue weighted by Crippen LogP contribution is -2.41. The maximum atomic E-state index is 13.9. The van der Waals surface area contributed by atoms with Crippen LogP contribution in [0, 0.1) is 23.1 Å². The first-order chi connectivity index (χ1) is 15.1. The van der Waals surface area contributed by atoms with Crippen LogP contribution >= 0.6 is 11.3 Å². The molecule has 1 aliphatic rings. The highest BCUT2D eigenvalue weighted by Gasteiger charge is 2.29. The minimum Gasteiger partial charge on any atom is -0.339 e. The SMILES string of the molecule is N#Cc1ccccc1C(=O)N1CCC(C(=O)Nc2nc(-c3ccccc3F)cs2)CC1. The maximum Gasteiger partial charge on any atom is 0.255 e. The van der Waals surface area contributed by atoms with E-state index < -0.39 is 0 Å². The number of amides is 2. The van der Waals surface area contributed by atoms with Gasteiger partial charge in [0, 0.05) is 30.0 Å². The first-order valence-electron chi connectivity index (χ1n) is 9.86. The van der Waals surface area contributed by atoms with E-state index in [1.54, 1.807) is 52.7 Å². The van der Waals surface area contributed by atoms with E-state index in [1.807, 2.05) is 6.07 Å². The Morgan fingerprint density at radius 3 is 2.58 bits per heavy atom. The van der Waals surface area contributed by atoms with Crippen LogP contribution in [0.1, 0.15) is 28.8 Å². The third kappa shape index (κ3) is 4.47. The predicted octanol–water partition coefficient (Wildman–Crippen LogP) is 4.31. The Labute approximate surface area is 183 Å². The van der Waals surface area contributed by atoms with Crippen LogP contribution in [0.25, 0.3) is 11.3 Å². The molecule has 1 aliphatic heterocycles. The van der Waals surface area contributed by atoms with Crippen LogP contribution in [0.5, 0.6) is 0 Å². The summed E-state index contributed by atoms with van der Waals surface area (Å²) < 4.78 is 13.9. The zero-order chi connectivity index (χ0) is 21.8. The summed E-state index contributed by atoms with van der Waals surface area (Å²) in [7, 11) is 0. The Hall–Kier alpha value is -3.57. The number of thiazole rings is 1. The van der Waals surface area contributed by atoms with Gasteiger partial charge in [0.1, 0.15) is 5.82 Å². The zero-order valence-electron chi connectivity index (χ0n) is 16.5. The number of nitriles is 1. The lowest BCUT2D eigenvalue weighted by molar-refractivity contribution is -0.121. The molecule has 1 aromatic heterocycles. The molecule has 6 nitrogen and oxygen atoms in total. The Kier molecular flexibility index (Phi) is 6.05. The molecule has 1 saturated heterocycles. The highest BCUT2D eigenvalue weighted by Crippen LogP contribution is 2.28. The molecule has 2 heterocycles. The second-order valence-electron chi connectivity index (χ2n) is 7.23. The minimum absolute atomic E-state index is 0.154. The van der Waals surface area contributed by atoms with Gasteiger partial charge < -0.3 is 10.2 Å². The number of nitrogens with zero attached hydrogens (tertiary/aromatic N) is 3. The van der Waals surface area contributed by atoms with E-state index in [2.05, 4.69) is 10.3 Å². The van der Waals surface area contributed by atoms with Crippen LogP contribution < -0.4 is 5.32 Å². The number of aromatic nitrogens is 1. The summed E-state index contributed by atoms with van der Waals surface area (Å²) in [6.45, 7) is 0.879. The quantitative estimate of drug-likeness (QED) is 0.663. The fraction of sp³-hybridized carbons (Fsp3) is 0.217. The van der Waals surface area contributed by atoms with Crippen LogP contribution in [-0.4, -0.2) is 34.8 Å². The molecule has 1 fully saturated rings. The molecule has 0 aliphatic carbocycles. The van der Waals surface area contributed by atoms with Crippen molar-refractivity contribution in [3.8, 4) is 17.3 Å². The van der Waals surface area contributed by atoms with Gasteiger partial charge in [-0.25, -0.2) is 9.37 Å². The van der Waals surface area contributed by atoms with E-state index in [0.717, 1.165) is 0 Å². The molecule has 0 saturated carbocycles. The maximum absolute atomic E-state index is 13.9. The van der Waals surface area contributed by atoms with Gasteiger partial charge in [0.2, 0.25) is 5.91 Å². The van der Waals surface area contributed by atoms with Crippen molar-refractivity contribution in [2.75, 3.05) is 18.4 Å². The molecule has 0 radical (unpaired) electrons. The van der Waals surface area contributed by atoms with Gasteiger partial charge in [-0.05, 0) is 37.1 Å². The highest BCUT2D eigenvalue weighted by atomic mass is 32.1. The Balaban J connectivity index is 1.35. The third-order valence-corrected chi connectivity index (χ3v) is 6.07. The minimum atomic E-state index is -0.360. The van der Waals surface area contributed by atoms with E-state index >= 15 is 0 Å². The van der Waals surface area contributed by atoms with Crippen molar-refractivity contribution in [1.29, 1.82) is 5.26 Å². The van der Waals surface area contributed by atoms with Crippen molar-refractivity contribution in [3.05, 3.63) is 70.9 Å². The molecule has 3 aromatic rings. The first kappa shape index (κ1) is 20.7. The number of nitrogens with one attached hydrogen (secondary N) is 1. The summed E-state index contributed by atoms with van der Waals surface area (Å²) in [6, 6.07) is 15.1. The number of anilines is 1. The number of benzene rings is 2. The van der Waals surface area contributed by atoms with Crippen LogP contribution in [0.3, 0.4) is 0 Å². The summed E-state index contributed by atoms with van der Waals surface area (Å²) in [5, 5.41) is 14.2. The van der Waals surface area contributed by atoms with E-state index in [9.17, 15) is 19.2 Å². The lowest BCUT2D eigenvalue weighted by atomic mass is 9.95. The summed E-state index contributed by atoms with van der Waals surface area (Å²) in [5.41, 5.74) is 1.61. The second-order valence-corrected chi connectivity index (χ2v) is 8.09. The van der Waals surface area contributed by atoms with Gasteiger partial charge >= 0.3 is 0 Å². The topological polar surface area (TPSA) is 86.1 Å². The molecule has 0 spiro atoms. The summed E-state index contributed by atoms with van der Waals surface area (Å²) in [4.78, 5) is 31.4. The molecule has 2 aromatic carbocycles. The van der Waals surface area contributed by atoms with Crippen molar-refractivity contribution in [2.45, 2.75) is 12.8 Å². The standard InChI is InChI=1S/C23H19FN4O2S/c24-19-8-4-3-7-18(19)20-14-31-23(26-20)27-21(29)15-9-11-28(12-10-15)22(30)17-6-2-1-5-16(17)13-25/h1-8,14-15H,9-12H2,(H,26,27,29). The average molecular weight is 434 g/mol. The monoisotopic (exact) mass is 434 g/mol. The number of halogens is 1. The smallest absolute Gasteiger partial charge is 0.255 e. The van der Waals surface area contributed by atoms with Crippen molar-refractivity contribution in [2.24, 2.45) is 5.92 Å². The Morgan fingerprint density at radius 1 is 1.13 bits per heavy atom. The highest BCUT2D eigenvalue weighted by molar-refractivity contribution is 7.14. The van der Waals surface area contributed by atoms with Crippen LogP contribution in [-0.2, 0) is 4.79 Å². The van der Waals surface area contributed by atoms with Gasteiger partial charge in [-0.1, -0.05) is 24.3 Å². The molecule has 2 amide bonds. The molecule has 156 valence electrons. The number of hydrogen-bond donors (Lipinski definition) is 1. The van der Waals surface area contributed by atoms with Crippen LogP contribution in [0.2, 0.25) is 0 Å². The zero-order valence-corrected chi connectivity index (χ0v) is 17.4. The Bertz CT molecular complexity index is 1160. The normalized spacial score (nSPS) is 14.1. The van der Waals surface area contributed by atoms with E-state index in [1.165, 1.54) is 17.4 Å². The van der Waals surface area contributed by atoms with Gasteiger partial charge in [0.15, 0.2) is 5.13 Å². The van der Waals surface area contributed by atoms with Gasteiger partial charge in [0.25, 0.3) is 5.91 Å². The van der Waals surface area contributed by atoms with Gasteiger partial charge in [-0.2, -0.15) is 5.26 Å². The summed E-state index contributed by atoms with van der Waals surface area (Å²) in [6.07, 6.45) is 1.05. The number of rotatable bonds is 4. The largest absolute Gasteiger partial charge is 0.339 e.